The first-order valence-electron chi connectivity index (χ1n) is 5.97. The van der Waals surface area contributed by atoms with Crippen LogP contribution in [0, 0.1) is 6.67 Å². The van der Waals surface area contributed by atoms with E-state index in [1.54, 1.807) is 0 Å². The van der Waals surface area contributed by atoms with E-state index in [1.807, 2.05) is 0 Å². The van der Waals surface area contributed by atoms with Crippen LogP contribution in [0.25, 0.3) is 0 Å². The zero-order valence-corrected chi connectivity index (χ0v) is 12.6. The highest BCUT2D eigenvalue weighted by atomic mass is 31.1. The van der Waals surface area contributed by atoms with Gasteiger partial charge in [-0.15, -0.1) is 0 Å². The van der Waals surface area contributed by atoms with Crippen LogP contribution in [0.15, 0.2) is 12.4 Å². The lowest BCUT2D eigenvalue weighted by Crippen LogP contribution is -2.33. The quantitative estimate of drug-likeness (QED) is 0.671. The van der Waals surface area contributed by atoms with Gasteiger partial charge in [0.2, 0.25) is 6.67 Å². The van der Waals surface area contributed by atoms with Gasteiger partial charge in [-0.05, 0) is 6.92 Å². The molecule has 0 bridgehead atoms. The molecule has 1 aliphatic rings. The second-order valence-corrected chi connectivity index (χ2v) is 9.92. The fraction of sp³-hybridized carbons (Fsp3) is 0.769. The predicted molar refractivity (Wildman–Crippen MR) is 73.0 cm³/mol. The van der Waals surface area contributed by atoms with Gasteiger partial charge in [-0.3, -0.25) is 0 Å². The summed E-state index contributed by atoms with van der Waals surface area (Å²) in [7, 11) is -0.282. The maximum atomic E-state index is 3.44. The van der Waals surface area contributed by atoms with Crippen LogP contribution >= 0.6 is 8.07 Å². The summed E-state index contributed by atoms with van der Waals surface area (Å²) in [4.78, 5) is 2.12. The Bertz CT molecular complexity index is 246. The summed E-state index contributed by atoms with van der Waals surface area (Å²) in [6, 6.07) is 0. The zero-order valence-electron chi connectivity index (χ0n) is 11.7. The molecule has 0 amide bonds. The molecule has 0 fully saturated rings. The fourth-order valence-electron chi connectivity index (χ4n) is 2.28. The number of hydrogen-bond donors (Lipinski definition) is 0. The second kappa shape index (κ2) is 4.56. The van der Waals surface area contributed by atoms with Gasteiger partial charge in [0.1, 0.15) is 0 Å². The third-order valence-electron chi connectivity index (χ3n) is 2.45. The van der Waals surface area contributed by atoms with Crippen LogP contribution in [0.4, 0.5) is 0 Å². The summed E-state index contributed by atoms with van der Waals surface area (Å²) in [6.45, 7) is 20.5. The average Bonchev–Trinajstić information content (AvgIpc) is 2.47. The molecule has 0 saturated heterocycles. The van der Waals surface area contributed by atoms with E-state index in [2.05, 4.69) is 77.1 Å². The predicted octanol–water partition coefficient (Wildman–Crippen LogP) is 4.09. The Morgan fingerprint density at radius 3 is 1.81 bits per heavy atom. The average molecular weight is 240 g/mol. The molecular weight excluding hydrogens is 215 g/mol. The van der Waals surface area contributed by atoms with Gasteiger partial charge in [0.15, 0.2) is 0 Å². The largest absolute Gasteiger partial charge is 0.346 e. The van der Waals surface area contributed by atoms with Crippen LogP contribution in [0.3, 0.4) is 0 Å². The summed E-state index contributed by atoms with van der Waals surface area (Å²) in [5.74, 6) is 0. The lowest BCUT2D eigenvalue weighted by molar-refractivity contribution is 0.433. The van der Waals surface area contributed by atoms with E-state index in [0.29, 0.717) is 10.3 Å². The van der Waals surface area contributed by atoms with E-state index in [9.17, 15) is 0 Å². The molecule has 0 aliphatic carbocycles. The van der Waals surface area contributed by atoms with Gasteiger partial charge in [-0.2, -0.15) is 0 Å². The van der Waals surface area contributed by atoms with E-state index in [4.69, 9.17) is 0 Å². The molecule has 1 rings (SSSR count). The van der Waals surface area contributed by atoms with Crippen molar-refractivity contribution in [3.05, 3.63) is 19.1 Å². The Morgan fingerprint density at radius 2 is 1.50 bits per heavy atom. The molecule has 0 aromatic heterocycles. The highest BCUT2D eigenvalue weighted by Gasteiger charge is 2.40. The van der Waals surface area contributed by atoms with Crippen molar-refractivity contribution < 1.29 is 0 Å². The van der Waals surface area contributed by atoms with Crippen molar-refractivity contribution in [1.82, 2.24) is 9.57 Å². The van der Waals surface area contributed by atoms with Gasteiger partial charge in [0.25, 0.3) is 0 Å². The molecule has 2 radical (unpaired) electrons. The Kier molecular flexibility index (Phi) is 3.95. The van der Waals surface area contributed by atoms with Gasteiger partial charge in [0, 0.05) is 37.3 Å². The van der Waals surface area contributed by atoms with Crippen molar-refractivity contribution in [3.63, 3.8) is 0 Å². The molecule has 0 unspecified atom stereocenters. The number of rotatable bonds is 2. The molecule has 92 valence electrons. The van der Waals surface area contributed by atoms with Gasteiger partial charge in [0.05, 0.1) is 0 Å². The molecule has 0 aromatic rings. The van der Waals surface area contributed by atoms with E-state index in [0.717, 1.165) is 6.54 Å². The number of hydrogen-bond acceptors (Lipinski definition) is 2. The van der Waals surface area contributed by atoms with Crippen LogP contribution < -0.4 is 0 Å². The summed E-state index contributed by atoms with van der Waals surface area (Å²) < 4.78 is 2.30. The molecule has 2 nitrogen and oxygen atoms in total. The summed E-state index contributed by atoms with van der Waals surface area (Å²) in [5.41, 5.74) is 0. The maximum Gasteiger partial charge on any atom is 0.211 e. The van der Waals surface area contributed by atoms with E-state index in [-0.39, 0.29) is 8.07 Å². The first-order valence-corrected chi connectivity index (χ1v) is 7.26. The SMILES string of the molecule is CCN1[C]N(P(C(C)(C)C)C(C)(C)C)C=C1. The molecule has 0 saturated carbocycles. The monoisotopic (exact) mass is 240 g/mol. The van der Waals surface area contributed by atoms with Crippen molar-refractivity contribution in [2.45, 2.75) is 58.8 Å². The van der Waals surface area contributed by atoms with Crippen LogP contribution in [-0.4, -0.2) is 26.4 Å². The summed E-state index contributed by atoms with van der Waals surface area (Å²) in [6.07, 6.45) is 4.29. The third-order valence-corrected chi connectivity index (χ3v) is 5.64. The topological polar surface area (TPSA) is 6.48 Å². The van der Waals surface area contributed by atoms with Crippen molar-refractivity contribution >= 4 is 8.07 Å². The first kappa shape index (κ1) is 13.8. The van der Waals surface area contributed by atoms with E-state index < -0.39 is 0 Å². The van der Waals surface area contributed by atoms with Crippen LogP contribution in [0.2, 0.25) is 0 Å². The first-order chi connectivity index (χ1) is 7.16. The summed E-state index contributed by atoms with van der Waals surface area (Å²) in [5, 5.41) is 0.601. The minimum atomic E-state index is -0.282. The third kappa shape index (κ3) is 3.13. The van der Waals surface area contributed by atoms with Crippen molar-refractivity contribution in [2.75, 3.05) is 6.54 Å². The Morgan fingerprint density at radius 1 is 1.00 bits per heavy atom. The minimum absolute atomic E-state index is 0.282. The fourth-order valence-corrected chi connectivity index (χ4v) is 5.98. The van der Waals surface area contributed by atoms with E-state index in [1.165, 1.54) is 0 Å². The molecule has 0 atom stereocenters. The standard InChI is InChI=1S/C13H25N2P/c1-8-14-9-10-15(11-14)16(12(2,3)4)13(5,6)7/h9-10H,8H2,1-7H3. The molecule has 0 aromatic carbocycles. The Balaban J connectivity index is 2.85. The molecule has 1 heterocycles. The zero-order chi connectivity index (χ0) is 12.6. The molecule has 16 heavy (non-hydrogen) atoms. The van der Waals surface area contributed by atoms with Crippen LogP contribution in [0.5, 0.6) is 0 Å². The lowest BCUT2D eigenvalue weighted by Gasteiger charge is -2.45. The Hall–Kier alpha value is -0.230. The van der Waals surface area contributed by atoms with Gasteiger partial charge >= 0.3 is 0 Å². The molecule has 0 N–H and O–H groups in total. The van der Waals surface area contributed by atoms with Crippen LogP contribution in [0.1, 0.15) is 48.5 Å². The molecule has 3 heteroatoms. The number of nitrogens with zero attached hydrogens (tertiary/aromatic N) is 2. The second-order valence-electron chi connectivity index (χ2n) is 6.18. The van der Waals surface area contributed by atoms with Gasteiger partial charge in [-0.25, -0.2) is 0 Å². The van der Waals surface area contributed by atoms with Gasteiger partial charge < -0.3 is 9.57 Å². The Labute approximate surface area is 102 Å². The molecule has 0 spiro atoms. The van der Waals surface area contributed by atoms with Crippen LogP contribution in [-0.2, 0) is 0 Å². The van der Waals surface area contributed by atoms with Crippen molar-refractivity contribution in [3.8, 4) is 0 Å². The van der Waals surface area contributed by atoms with E-state index >= 15 is 0 Å². The maximum absolute atomic E-state index is 3.44. The lowest BCUT2D eigenvalue weighted by atomic mass is 10.2. The van der Waals surface area contributed by atoms with Gasteiger partial charge in [-0.1, -0.05) is 41.5 Å². The summed E-state index contributed by atoms with van der Waals surface area (Å²) >= 11 is 0. The van der Waals surface area contributed by atoms with Crippen molar-refractivity contribution in [1.29, 1.82) is 0 Å². The highest BCUT2D eigenvalue weighted by molar-refractivity contribution is 7.58. The van der Waals surface area contributed by atoms with Crippen molar-refractivity contribution in [2.24, 2.45) is 0 Å². The minimum Gasteiger partial charge on any atom is -0.346 e. The normalized spacial score (nSPS) is 17.8. The smallest absolute Gasteiger partial charge is 0.211 e. The molecular formula is C13H25N2P. The highest BCUT2D eigenvalue weighted by Crippen LogP contribution is 2.63. The molecule has 1 aliphatic heterocycles.